The summed E-state index contributed by atoms with van der Waals surface area (Å²) in [5.41, 5.74) is 0. The lowest BCUT2D eigenvalue weighted by atomic mass is 9.86. The Morgan fingerprint density at radius 3 is 3.04 bits per heavy atom. The van der Waals surface area contributed by atoms with E-state index in [1.54, 1.807) is 12.3 Å². The third-order valence-corrected chi connectivity index (χ3v) is 5.53. The molecule has 1 fully saturated rings. The van der Waals surface area contributed by atoms with Crippen LogP contribution in [0.5, 0.6) is 0 Å². The maximum atomic E-state index is 12.3. The van der Waals surface area contributed by atoms with Gasteiger partial charge in [-0.05, 0) is 30.9 Å². The monoisotopic (exact) mass is 360 g/mol. The summed E-state index contributed by atoms with van der Waals surface area (Å²) in [5, 5.41) is 12.3. The molecule has 25 heavy (non-hydrogen) atoms. The summed E-state index contributed by atoms with van der Waals surface area (Å²) in [6.07, 6.45) is 8.12. The zero-order valence-corrected chi connectivity index (χ0v) is 15.3. The second kappa shape index (κ2) is 8.38. The normalized spacial score (nSPS) is 20.4. The Labute approximate surface area is 152 Å². The smallest absolute Gasteiger partial charge is 0.230 e. The van der Waals surface area contributed by atoms with Crippen molar-refractivity contribution in [3.8, 4) is 11.6 Å². The number of amides is 1. The van der Waals surface area contributed by atoms with Gasteiger partial charge in [-0.25, -0.2) is 0 Å². The standard InChI is InChI=1S/C18H24N4O2S/c1-3-10-22-17(15-9-6-11-24-15)20-21-18(22)25-12-16(23)19-14-8-5-4-7-13(14)2/h3,6,9,11,13-14H,1,4-5,7-8,10,12H2,2H3,(H,19,23)/t13-,14-/m0/s1. The molecule has 1 saturated carbocycles. The highest BCUT2D eigenvalue weighted by atomic mass is 32.2. The third kappa shape index (κ3) is 4.34. The van der Waals surface area contributed by atoms with Crippen LogP contribution in [-0.2, 0) is 11.3 Å². The number of allylic oxidation sites excluding steroid dienone is 1. The van der Waals surface area contributed by atoms with Crippen molar-refractivity contribution in [2.24, 2.45) is 5.92 Å². The molecule has 0 aliphatic heterocycles. The van der Waals surface area contributed by atoms with E-state index in [1.807, 2.05) is 16.7 Å². The Morgan fingerprint density at radius 2 is 2.32 bits per heavy atom. The molecule has 0 saturated heterocycles. The summed E-state index contributed by atoms with van der Waals surface area (Å²) >= 11 is 1.39. The molecule has 0 unspecified atom stereocenters. The average molecular weight is 360 g/mol. The predicted octanol–water partition coefficient (Wildman–Crippen LogP) is 3.51. The first-order chi connectivity index (χ1) is 12.2. The van der Waals surface area contributed by atoms with Gasteiger partial charge in [0.1, 0.15) is 0 Å². The van der Waals surface area contributed by atoms with Crippen LogP contribution in [0.25, 0.3) is 11.6 Å². The third-order valence-electron chi connectivity index (χ3n) is 4.56. The molecule has 2 aromatic rings. The topological polar surface area (TPSA) is 73.0 Å². The minimum atomic E-state index is 0.0523. The van der Waals surface area contributed by atoms with Crippen molar-refractivity contribution >= 4 is 17.7 Å². The summed E-state index contributed by atoms with van der Waals surface area (Å²) in [7, 11) is 0. The van der Waals surface area contributed by atoms with Crippen LogP contribution >= 0.6 is 11.8 Å². The maximum absolute atomic E-state index is 12.3. The first-order valence-corrected chi connectivity index (χ1v) is 9.67. The molecular weight excluding hydrogens is 336 g/mol. The van der Waals surface area contributed by atoms with E-state index in [0.29, 0.717) is 41.0 Å². The number of hydrogen-bond donors (Lipinski definition) is 1. The number of thioether (sulfide) groups is 1. The lowest BCUT2D eigenvalue weighted by Crippen LogP contribution is -2.41. The molecule has 134 valence electrons. The summed E-state index contributed by atoms with van der Waals surface area (Å²) in [6.45, 7) is 6.56. The van der Waals surface area contributed by atoms with E-state index in [-0.39, 0.29) is 5.91 Å². The van der Waals surface area contributed by atoms with Gasteiger partial charge in [0, 0.05) is 12.6 Å². The largest absolute Gasteiger partial charge is 0.461 e. The van der Waals surface area contributed by atoms with Gasteiger partial charge < -0.3 is 9.73 Å². The quantitative estimate of drug-likeness (QED) is 0.604. The van der Waals surface area contributed by atoms with E-state index in [9.17, 15) is 4.79 Å². The molecule has 2 aromatic heterocycles. The molecule has 0 aromatic carbocycles. The van der Waals surface area contributed by atoms with Gasteiger partial charge in [-0.15, -0.1) is 16.8 Å². The lowest BCUT2D eigenvalue weighted by molar-refractivity contribution is -0.119. The van der Waals surface area contributed by atoms with Crippen molar-refractivity contribution in [2.75, 3.05) is 5.75 Å². The molecule has 2 heterocycles. The molecule has 0 radical (unpaired) electrons. The molecule has 3 rings (SSSR count). The van der Waals surface area contributed by atoms with Gasteiger partial charge in [-0.1, -0.05) is 37.6 Å². The summed E-state index contributed by atoms with van der Waals surface area (Å²) in [4.78, 5) is 12.3. The molecular formula is C18H24N4O2S. The Balaban J connectivity index is 1.62. The van der Waals surface area contributed by atoms with E-state index in [2.05, 4.69) is 29.0 Å². The summed E-state index contributed by atoms with van der Waals surface area (Å²) in [6, 6.07) is 3.95. The molecule has 1 N–H and O–H groups in total. The van der Waals surface area contributed by atoms with Gasteiger partial charge in [0.2, 0.25) is 11.7 Å². The van der Waals surface area contributed by atoms with Crippen LogP contribution in [0.4, 0.5) is 0 Å². The van der Waals surface area contributed by atoms with Crippen molar-refractivity contribution in [1.82, 2.24) is 20.1 Å². The Hall–Kier alpha value is -2.02. The summed E-state index contributed by atoms with van der Waals surface area (Å²) in [5.74, 6) is 2.24. The number of nitrogens with one attached hydrogen (secondary N) is 1. The first-order valence-electron chi connectivity index (χ1n) is 8.69. The first kappa shape index (κ1) is 17.8. The number of carbonyl (C=O) groups excluding carboxylic acids is 1. The second-order valence-corrected chi connectivity index (χ2v) is 7.35. The van der Waals surface area contributed by atoms with Crippen LogP contribution in [0.1, 0.15) is 32.6 Å². The molecule has 1 aliphatic carbocycles. The van der Waals surface area contributed by atoms with Crippen molar-refractivity contribution in [2.45, 2.75) is 50.4 Å². The molecule has 7 heteroatoms. The van der Waals surface area contributed by atoms with Crippen molar-refractivity contribution in [1.29, 1.82) is 0 Å². The predicted molar refractivity (Wildman–Crippen MR) is 98.2 cm³/mol. The van der Waals surface area contributed by atoms with Gasteiger partial charge in [-0.3, -0.25) is 9.36 Å². The lowest BCUT2D eigenvalue weighted by Gasteiger charge is -2.29. The van der Waals surface area contributed by atoms with E-state index >= 15 is 0 Å². The van der Waals surface area contributed by atoms with Crippen molar-refractivity contribution in [3.63, 3.8) is 0 Å². The van der Waals surface area contributed by atoms with Crippen LogP contribution in [0, 0.1) is 5.92 Å². The molecule has 0 spiro atoms. The highest BCUT2D eigenvalue weighted by Crippen LogP contribution is 2.26. The molecule has 6 nitrogen and oxygen atoms in total. The molecule has 1 amide bonds. The fourth-order valence-corrected chi connectivity index (χ4v) is 3.95. The van der Waals surface area contributed by atoms with Gasteiger partial charge in [0.05, 0.1) is 12.0 Å². The Morgan fingerprint density at radius 1 is 1.48 bits per heavy atom. The number of rotatable bonds is 7. The minimum Gasteiger partial charge on any atom is -0.461 e. The Kier molecular flexibility index (Phi) is 5.96. The van der Waals surface area contributed by atoms with E-state index in [1.165, 1.54) is 31.0 Å². The van der Waals surface area contributed by atoms with Crippen molar-refractivity contribution < 1.29 is 9.21 Å². The van der Waals surface area contributed by atoms with Gasteiger partial charge in [0.25, 0.3) is 0 Å². The van der Waals surface area contributed by atoms with Crippen LogP contribution in [0.3, 0.4) is 0 Å². The van der Waals surface area contributed by atoms with Gasteiger partial charge >= 0.3 is 0 Å². The van der Waals surface area contributed by atoms with Crippen LogP contribution in [0.2, 0.25) is 0 Å². The van der Waals surface area contributed by atoms with Gasteiger partial charge in [0.15, 0.2) is 10.9 Å². The van der Waals surface area contributed by atoms with Crippen molar-refractivity contribution in [3.05, 3.63) is 31.1 Å². The zero-order chi connectivity index (χ0) is 17.6. The molecule has 1 aliphatic rings. The second-order valence-electron chi connectivity index (χ2n) is 6.41. The SMILES string of the molecule is C=CCn1c(SCC(=O)N[C@H]2CCCC[C@@H]2C)nnc1-c1ccco1. The number of hydrogen-bond acceptors (Lipinski definition) is 5. The molecule has 2 atom stereocenters. The minimum absolute atomic E-state index is 0.0523. The Bertz CT molecular complexity index is 711. The van der Waals surface area contributed by atoms with Crippen LogP contribution in [-0.4, -0.2) is 32.5 Å². The number of carbonyl (C=O) groups is 1. The zero-order valence-electron chi connectivity index (χ0n) is 14.5. The fourth-order valence-electron chi connectivity index (χ4n) is 3.19. The number of furan rings is 1. The van der Waals surface area contributed by atoms with Crippen LogP contribution < -0.4 is 5.32 Å². The van der Waals surface area contributed by atoms with E-state index in [0.717, 1.165) is 6.42 Å². The van der Waals surface area contributed by atoms with E-state index < -0.39 is 0 Å². The van der Waals surface area contributed by atoms with E-state index in [4.69, 9.17) is 4.42 Å². The summed E-state index contributed by atoms with van der Waals surface area (Å²) < 4.78 is 7.32. The van der Waals surface area contributed by atoms with Crippen LogP contribution in [0.15, 0.2) is 40.6 Å². The number of nitrogens with zero attached hydrogens (tertiary/aromatic N) is 3. The highest BCUT2D eigenvalue weighted by molar-refractivity contribution is 7.99. The molecule has 0 bridgehead atoms. The fraction of sp³-hybridized carbons (Fsp3) is 0.500. The van der Waals surface area contributed by atoms with Gasteiger partial charge in [-0.2, -0.15) is 0 Å². The maximum Gasteiger partial charge on any atom is 0.230 e. The highest BCUT2D eigenvalue weighted by Gasteiger charge is 2.23. The average Bonchev–Trinajstić information content (AvgIpc) is 3.25. The number of aromatic nitrogens is 3.